The number of amides is 2. The van der Waals surface area contributed by atoms with E-state index in [0.717, 1.165) is 22.3 Å². The van der Waals surface area contributed by atoms with E-state index >= 15 is 0 Å². The molecule has 1 saturated heterocycles. The molecule has 1 aromatic heterocycles. The summed E-state index contributed by atoms with van der Waals surface area (Å²) in [6.45, 7) is 3.12. The summed E-state index contributed by atoms with van der Waals surface area (Å²) in [6, 6.07) is 20.1. The Bertz CT molecular complexity index is 1090. The summed E-state index contributed by atoms with van der Waals surface area (Å²) >= 11 is 0. The first kappa shape index (κ1) is 21.8. The minimum absolute atomic E-state index is 0.0997. The molecule has 0 bridgehead atoms. The summed E-state index contributed by atoms with van der Waals surface area (Å²) in [5.41, 5.74) is 10.7. The van der Waals surface area contributed by atoms with Crippen molar-refractivity contribution >= 4 is 11.8 Å². The molecule has 0 atom stereocenters. The van der Waals surface area contributed by atoms with Crippen molar-refractivity contribution in [2.75, 3.05) is 13.1 Å². The maximum absolute atomic E-state index is 12.8. The Morgan fingerprint density at radius 2 is 1.72 bits per heavy atom. The van der Waals surface area contributed by atoms with Gasteiger partial charge in [-0.15, -0.1) is 0 Å². The summed E-state index contributed by atoms with van der Waals surface area (Å²) in [4.78, 5) is 31.6. The Morgan fingerprint density at radius 3 is 2.38 bits per heavy atom. The number of primary amides is 1. The van der Waals surface area contributed by atoms with E-state index in [1.54, 1.807) is 6.20 Å². The fourth-order valence-corrected chi connectivity index (χ4v) is 4.53. The van der Waals surface area contributed by atoms with Gasteiger partial charge in [-0.2, -0.15) is 0 Å². The Balaban J connectivity index is 1.48. The zero-order valence-corrected chi connectivity index (χ0v) is 18.5. The van der Waals surface area contributed by atoms with Gasteiger partial charge in [0.2, 0.25) is 11.8 Å². The van der Waals surface area contributed by atoms with Crippen molar-refractivity contribution in [3.05, 3.63) is 89.7 Å². The number of rotatable bonds is 6. The molecule has 2 aromatic carbocycles. The van der Waals surface area contributed by atoms with Crippen LogP contribution in [0, 0.1) is 12.3 Å². The largest absolute Gasteiger partial charge is 0.369 e. The Labute approximate surface area is 189 Å². The third-order valence-electron chi connectivity index (χ3n) is 6.59. The lowest BCUT2D eigenvalue weighted by Crippen LogP contribution is -2.50. The van der Waals surface area contributed by atoms with E-state index in [4.69, 9.17) is 5.73 Å². The van der Waals surface area contributed by atoms with Crippen LogP contribution in [0.1, 0.15) is 29.5 Å². The molecule has 1 fully saturated rings. The second-order valence-corrected chi connectivity index (χ2v) is 8.76. The molecule has 32 heavy (non-hydrogen) atoms. The number of hydrogen-bond donors (Lipinski definition) is 1. The zero-order chi connectivity index (χ0) is 22.6. The van der Waals surface area contributed by atoms with E-state index in [0.29, 0.717) is 38.8 Å². The van der Waals surface area contributed by atoms with Crippen molar-refractivity contribution in [2.24, 2.45) is 11.1 Å². The van der Waals surface area contributed by atoms with Gasteiger partial charge in [-0.1, -0.05) is 60.2 Å². The van der Waals surface area contributed by atoms with Crippen molar-refractivity contribution in [2.45, 2.75) is 32.6 Å². The zero-order valence-electron chi connectivity index (χ0n) is 18.5. The Morgan fingerprint density at radius 1 is 1.00 bits per heavy atom. The summed E-state index contributed by atoms with van der Waals surface area (Å²) in [7, 11) is 0. The highest BCUT2D eigenvalue weighted by atomic mass is 16.2. The maximum atomic E-state index is 12.8. The molecule has 1 aliphatic rings. The van der Waals surface area contributed by atoms with Crippen LogP contribution in [0.15, 0.2) is 73.1 Å². The van der Waals surface area contributed by atoms with Gasteiger partial charge in [-0.25, -0.2) is 0 Å². The van der Waals surface area contributed by atoms with E-state index in [1.165, 1.54) is 5.56 Å². The Kier molecular flexibility index (Phi) is 6.35. The number of aryl methyl sites for hydroxylation is 1. The van der Waals surface area contributed by atoms with E-state index in [2.05, 4.69) is 17.1 Å². The number of pyridine rings is 1. The predicted octanol–water partition coefficient (Wildman–Crippen LogP) is 3.94. The summed E-state index contributed by atoms with van der Waals surface area (Å²) < 4.78 is 0. The molecule has 1 aliphatic heterocycles. The van der Waals surface area contributed by atoms with Crippen LogP contribution in [-0.4, -0.2) is 34.8 Å². The summed E-state index contributed by atoms with van der Waals surface area (Å²) in [5.74, 6) is -0.188. The van der Waals surface area contributed by atoms with Crippen LogP contribution in [0.5, 0.6) is 0 Å². The number of aromatic nitrogens is 1. The number of benzene rings is 2. The average molecular weight is 428 g/mol. The number of hydrogen-bond acceptors (Lipinski definition) is 3. The molecule has 2 heterocycles. The van der Waals surface area contributed by atoms with Gasteiger partial charge in [-0.05, 0) is 48.9 Å². The molecular weight excluding hydrogens is 398 g/mol. The van der Waals surface area contributed by atoms with E-state index in [1.807, 2.05) is 66.6 Å². The number of likely N-dealkylation sites (tertiary alicyclic amines) is 1. The second-order valence-electron chi connectivity index (χ2n) is 8.76. The topological polar surface area (TPSA) is 76.3 Å². The molecular formula is C27H29N3O2. The van der Waals surface area contributed by atoms with Crippen LogP contribution in [0.25, 0.3) is 11.1 Å². The molecule has 0 radical (unpaired) electrons. The molecule has 2 amide bonds. The predicted molar refractivity (Wildman–Crippen MR) is 126 cm³/mol. The highest BCUT2D eigenvalue weighted by Gasteiger charge is 2.41. The van der Waals surface area contributed by atoms with E-state index in [-0.39, 0.29) is 11.8 Å². The molecule has 0 saturated carbocycles. The maximum Gasteiger partial charge on any atom is 0.226 e. The van der Waals surface area contributed by atoms with Crippen LogP contribution in [0.3, 0.4) is 0 Å². The third kappa shape index (κ3) is 4.72. The second kappa shape index (κ2) is 9.35. The number of piperidine rings is 1. The lowest BCUT2D eigenvalue weighted by Gasteiger charge is -2.40. The van der Waals surface area contributed by atoms with Crippen molar-refractivity contribution in [1.82, 2.24) is 9.88 Å². The highest BCUT2D eigenvalue weighted by Crippen LogP contribution is 2.37. The molecule has 0 aliphatic carbocycles. The average Bonchev–Trinajstić information content (AvgIpc) is 2.82. The van der Waals surface area contributed by atoms with Gasteiger partial charge in [0.1, 0.15) is 0 Å². The SMILES string of the molecule is Cc1ccc(CC(=O)N2CCC(Cc3ccccc3-c3cccnc3)(C(N)=O)CC2)cc1. The molecule has 164 valence electrons. The van der Waals surface area contributed by atoms with Crippen LogP contribution < -0.4 is 5.73 Å². The van der Waals surface area contributed by atoms with Crippen LogP contribution in [0.2, 0.25) is 0 Å². The van der Waals surface area contributed by atoms with E-state index in [9.17, 15) is 9.59 Å². The van der Waals surface area contributed by atoms with Gasteiger partial charge in [0, 0.05) is 31.0 Å². The first-order chi connectivity index (χ1) is 15.5. The molecule has 5 nitrogen and oxygen atoms in total. The molecule has 3 aromatic rings. The molecule has 0 spiro atoms. The van der Waals surface area contributed by atoms with Gasteiger partial charge >= 0.3 is 0 Å². The number of carbonyl (C=O) groups is 2. The van der Waals surface area contributed by atoms with Crippen molar-refractivity contribution in [1.29, 1.82) is 0 Å². The first-order valence-electron chi connectivity index (χ1n) is 11.1. The highest BCUT2D eigenvalue weighted by molar-refractivity contribution is 5.83. The molecule has 4 rings (SSSR count). The van der Waals surface area contributed by atoms with Gasteiger partial charge < -0.3 is 10.6 Å². The van der Waals surface area contributed by atoms with Gasteiger partial charge in [0.15, 0.2) is 0 Å². The minimum Gasteiger partial charge on any atom is -0.369 e. The fourth-order valence-electron chi connectivity index (χ4n) is 4.53. The Hall–Kier alpha value is -3.47. The van der Waals surface area contributed by atoms with Crippen molar-refractivity contribution in [3.8, 4) is 11.1 Å². The lowest BCUT2D eigenvalue weighted by atomic mass is 9.72. The monoisotopic (exact) mass is 427 g/mol. The number of nitrogens with zero attached hydrogens (tertiary/aromatic N) is 2. The van der Waals surface area contributed by atoms with Crippen molar-refractivity contribution in [3.63, 3.8) is 0 Å². The van der Waals surface area contributed by atoms with Gasteiger partial charge in [0.05, 0.1) is 11.8 Å². The smallest absolute Gasteiger partial charge is 0.226 e. The van der Waals surface area contributed by atoms with Crippen LogP contribution in [-0.2, 0) is 22.4 Å². The minimum atomic E-state index is -0.654. The molecule has 5 heteroatoms. The standard InChI is InChI=1S/C27H29N3O2/c1-20-8-10-21(11-9-20)17-25(31)30-15-12-27(13-16-30,26(28)32)18-22-5-2-3-7-24(22)23-6-4-14-29-19-23/h2-11,14,19H,12-13,15-18H2,1H3,(H2,28,32). The third-order valence-corrected chi connectivity index (χ3v) is 6.59. The quantitative estimate of drug-likeness (QED) is 0.647. The first-order valence-corrected chi connectivity index (χ1v) is 11.1. The van der Waals surface area contributed by atoms with Gasteiger partial charge in [0.25, 0.3) is 0 Å². The van der Waals surface area contributed by atoms with Crippen LogP contribution >= 0.6 is 0 Å². The lowest BCUT2D eigenvalue weighted by molar-refractivity contribution is -0.138. The van der Waals surface area contributed by atoms with Crippen molar-refractivity contribution < 1.29 is 9.59 Å². The normalized spacial score (nSPS) is 15.3. The summed E-state index contributed by atoms with van der Waals surface area (Å²) in [6.07, 6.45) is 5.68. The van der Waals surface area contributed by atoms with Crippen LogP contribution in [0.4, 0.5) is 0 Å². The number of nitrogens with two attached hydrogens (primary N) is 1. The summed E-state index contributed by atoms with van der Waals surface area (Å²) in [5, 5.41) is 0. The van der Waals surface area contributed by atoms with Gasteiger partial charge in [-0.3, -0.25) is 14.6 Å². The molecule has 0 unspecified atom stereocenters. The molecule has 2 N–H and O–H groups in total. The fraction of sp³-hybridized carbons (Fsp3) is 0.296. The number of carbonyl (C=O) groups excluding carboxylic acids is 2. The van der Waals surface area contributed by atoms with E-state index < -0.39 is 5.41 Å².